The Labute approximate surface area is 235 Å². The van der Waals surface area contributed by atoms with Crippen molar-refractivity contribution in [3.63, 3.8) is 0 Å². The van der Waals surface area contributed by atoms with E-state index in [0.29, 0.717) is 5.56 Å². The molecule has 0 aliphatic carbocycles. The first-order valence-electron chi connectivity index (χ1n) is 12.1. The molecule has 0 spiro atoms. The molecule has 0 saturated carbocycles. The second kappa shape index (κ2) is 11.4. The van der Waals surface area contributed by atoms with Gasteiger partial charge in [0.05, 0.1) is 13.2 Å². The van der Waals surface area contributed by atoms with Crippen LogP contribution in [0.4, 0.5) is 10.3 Å². The zero-order chi connectivity index (χ0) is 30.4. The Balaban J connectivity index is 1.45. The van der Waals surface area contributed by atoms with Gasteiger partial charge < -0.3 is 35.4 Å². The average molecular weight is 628 g/mol. The van der Waals surface area contributed by atoms with Crippen molar-refractivity contribution in [1.29, 1.82) is 0 Å². The summed E-state index contributed by atoms with van der Waals surface area (Å²) in [7, 11) is -10.7. The Kier molecular flexibility index (Phi) is 8.17. The number of nitrogens with two attached hydrogens (primary N) is 1. The minimum atomic E-state index is -5.40. The predicted octanol–water partition coefficient (Wildman–Crippen LogP) is 0.294. The van der Waals surface area contributed by atoms with Crippen molar-refractivity contribution >= 4 is 32.8 Å². The van der Waals surface area contributed by atoms with E-state index < -0.39 is 58.2 Å². The molecule has 0 radical (unpaired) electrons. The highest BCUT2D eigenvalue weighted by molar-refractivity contribution is 7.60. The van der Waals surface area contributed by atoms with Gasteiger partial charge >= 0.3 is 21.3 Å². The van der Waals surface area contributed by atoms with Crippen LogP contribution in [-0.4, -0.2) is 64.3 Å². The Morgan fingerprint density at radius 3 is 2.48 bits per heavy atom. The lowest BCUT2D eigenvalue weighted by molar-refractivity contribution is -0.745. The van der Waals surface area contributed by atoms with E-state index in [1.165, 1.54) is 17.0 Å². The number of phosphoric acid groups is 2. The number of benzene rings is 2. The number of nitrogen functional groups attached to an aromatic ring is 1. The van der Waals surface area contributed by atoms with Gasteiger partial charge in [-0.25, -0.2) is 18.1 Å². The van der Waals surface area contributed by atoms with E-state index in [1.54, 1.807) is 12.1 Å². The summed E-state index contributed by atoms with van der Waals surface area (Å²) < 4.78 is 54.2. The number of ether oxygens (including phenoxy) is 1. The second-order valence-corrected chi connectivity index (χ2v) is 12.2. The molecule has 5 atom stereocenters. The fourth-order valence-corrected chi connectivity index (χ4v) is 6.17. The third-order valence-corrected chi connectivity index (χ3v) is 8.57. The summed E-state index contributed by atoms with van der Waals surface area (Å²) in [5.41, 5.74) is 6.51. The monoisotopic (exact) mass is 628 g/mol. The number of nitrogens with zero attached hydrogens (tertiary/aromatic N) is 3. The second-order valence-electron chi connectivity index (χ2n) is 9.33. The molecular formula is C23H25FN5O11P2+. The number of aliphatic hydroxyl groups excluding tert-OH is 2. The highest BCUT2D eigenvalue weighted by atomic mass is 31.3. The SMILES string of the molecule is Nc1nc2c(c(=O)[nH]1)n(Cc1ccc(-c3ccccc3)cc1F)c[n+]2[C@@H]1O[C@H](COP(=O)(O)OP(=O)(O)O)[C@@H](O)[C@H]1O. The molecule has 4 aromatic rings. The number of aromatic amines is 1. The van der Waals surface area contributed by atoms with Crippen LogP contribution in [0.15, 0.2) is 59.7 Å². The van der Waals surface area contributed by atoms with Crippen LogP contribution in [0, 0.1) is 5.82 Å². The first kappa shape index (κ1) is 30.1. The molecule has 0 amide bonds. The topological polar surface area (TPSA) is 244 Å². The van der Waals surface area contributed by atoms with Crippen molar-refractivity contribution in [2.45, 2.75) is 31.1 Å². The maximum absolute atomic E-state index is 15.2. The van der Waals surface area contributed by atoms with Gasteiger partial charge in [-0.3, -0.25) is 18.9 Å². The molecule has 1 aliphatic heterocycles. The van der Waals surface area contributed by atoms with Crippen molar-refractivity contribution in [1.82, 2.24) is 14.5 Å². The lowest BCUT2D eigenvalue weighted by Gasteiger charge is -2.17. The third-order valence-electron chi connectivity index (χ3n) is 6.41. The summed E-state index contributed by atoms with van der Waals surface area (Å²) in [4.78, 5) is 46.3. The summed E-state index contributed by atoms with van der Waals surface area (Å²) in [6.45, 7) is -1.10. The van der Waals surface area contributed by atoms with Gasteiger partial charge in [0.25, 0.3) is 11.5 Å². The lowest BCUT2D eigenvalue weighted by Crippen LogP contribution is -2.46. The molecule has 1 aliphatic rings. The number of imidazole rings is 1. The number of rotatable bonds is 9. The molecule has 1 unspecified atom stereocenters. The predicted molar refractivity (Wildman–Crippen MR) is 141 cm³/mol. The minimum Gasteiger partial charge on any atom is -0.387 e. The molecule has 2 aromatic carbocycles. The molecule has 16 nitrogen and oxygen atoms in total. The van der Waals surface area contributed by atoms with Gasteiger partial charge in [0.15, 0.2) is 6.33 Å². The summed E-state index contributed by atoms with van der Waals surface area (Å²) in [6.07, 6.45) is -5.13. The Morgan fingerprint density at radius 1 is 1.10 bits per heavy atom. The number of hydrogen-bond donors (Lipinski definition) is 7. The van der Waals surface area contributed by atoms with Gasteiger partial charge in [0.1, 0.15) is 24.1 Å². The van der Waals surface area contributed by atoms with Gasteiger partial charge in [-0.15, -0.1) is 0 Å². The molecule has 2 aromatic heterocycles. The van der Waals surface area contributed by atoms with E-state index in [-0.39, 0.29) is 29.2 Å². The number of halogens is 1. The molecule has 42 heavy (non-hydrogen) atoms. The fraction of sp³-hybridized carbons (Fsp3) is 0.261. The van der Waals surface area contributed by atoms with Crippen molar-refractivity contribution in [3.8, 4) is 11.1 Å². The largest absolute Gasteiger partial charge is 0.481 e. The maximum atomic E-state index is 15.2. The van der Waals surface area contributed by atoms with Crippen LogP contribution in [0.25, 0.3) is 22.3 Å². The number of fused-ring (bicyclic) bond motifs is 1. The summed E-state index contributed by atoms with van der Waals surface area (Å²) >= 11 is 0. The van der Waals surface area contributed by atoms with Crippen molar-refractivity contribution < 1.29 is 56.6 Å². The minimum absolute atomic E-state index is 0.0735. The lowest BCUT2D eigenvalue weighted by atomic mass is 10.0. The molecule has 5 rings (SSSR count). The summed E-state index contributed by atoms with van der Waals surface area (Å²) in [6, 6.07) is 13.8. The van der Waals surface area contributed by atoms with Crippen molar-refractivity contribution in [2.24, 2.45) is 0 Å². The summed E-state index contributed by atoms with van der Waals surface area (Å²) in [5, 5.41) is 21.2. The first-order valence-corrected chi connectivity index (χ1v) is 15.1. The quantitative estimate of drug-likeness (QED) is 0.0975. The van der Waals surface area contributed by atoms with Gasteiger partial charge in [-0.2, -0.15) is 4.31 Å². The van der Waals surface area contributed by atoms with Gasteiger partial charge in [0, 0.05) is 5.56 Å². The number of aliphatic hydroxyl groups is 2. The Bertz CT molecular complexity index is 1780. The first-order chi connectivity index (χ1) is 19.7. The van der Waals surface area contributed by atoms with E-state index in [4.69, 9.17) is 20.3 Å². The number of phosphoric ester groups is 1. The van der Waals surface area contributed by atoms with Crippen LogP contribution < -0.4 is 15.9 Å². The number of H-pyrrole nitrogens is 1. The van der Waals surface area contributed by atoms with Gasteiger partial charge in [-0.05, 0) is 17.2 Å². The smallest absolute Gasteiger partial charge is 0.387 e. The zero-order valence-corrected chi connectivity index (χ0v) is 23.1. The van der Waals surface area contributed by atoms with E-state index >= 15 is 4.39 Å². The molecule has 3 heterocycles. The van der Waals surface area contributed by atoms with Gasteiger partial charge in [-0.1, -0.05) is 47.4 Å². The molecule has 8 N–H and O–H groups in total. The van der Waals surface area contributed by atoms with E-state index in [0.717, 1.165) is 10.1 Å². The van der Waals surface area contributed by atoms with Crippen LogP contribution in [0.2, 0.25) is 0 Å². The van der Waals surface area contributed by atoms with Crippen LogP contribution in [0.3, 0.4) is 0 Å². The zero-order valence-electron chi connectivity index (χ0n) is 21.3. The number of anilines is 1. The van der Waals surface area contributed by atoms with E-state index in [2.05, 4.69) is 18.8 Å². The highest BCUT2D eigenvalue weighted by Crippen LogP contribution is 2.57. The third kappa shape index (κ3) is 6.35. The Morgan fingerprint density at radius 2 is 1.81 bits per heavy atom. The molecule has 224 valence electrons. The number of nitrogens with one attached hydrogen (secondary N) is 1. The molecular weight excluding hydrogens is 603 g/mol. The van der Waals surface area contributed by atoms with Crippen LogP contribution in [-0.2, 0) is 29.2 Å². The standard InChI is InChI=1S/C23H24FN5O11P2/c24-15-8-13(12-4-2-1-3-5-12)6-7-14(15)9-28-11-29(20-17(28)21(32)27-23(25)26-20)22-19(31)18(30)16(39-22)10-38-42(36,37)40-41(33,34)35/h1-8,11,16,18-19,22,30-31H,9-10H2,(H5-,25,26,27,32,33,34,35,36,37)/p+1/t16-,18-,19-,22-/m1/s1. The normalized spacial score (nSPS) is 22.4. The molecule has 0 bridgehead atoms. The van der Waals surface area contributed by atoms with Crippen LogP contribution >= 0.6 is 15.6 Å². The summed E-state index contributed by atoms with van der Waals surface area (Å²) in [5.74, 6) is -0.846. The van der Waals surface area contributed by atoms with Gasteiger partial charge in [0.2, 0.25) is 11.7 Å². The highest BCUT2D eigenvalue weighted by Gasteiger charge is 2.48. The molecule has 1 fully saturated rings. The van der Waals surface area contributed by atoms with Crippen molar-refractivity contribution in [3.05, 3.63) is 76.6 Å². The maximum Gasteiger partial charge on any atom is 0.481 e. The van der Waals surface area contributed by atoms with Crippen LogP contribution in [0.5, 0.6) is 0 Å². The molecule has 1 saturated heterocycles. The fourth-order valence-electron chi connectivity index (χ4n) is 4.57. The number of hydrogen-bond acceptors (Lipinski definition) is 10. The molecule has 19 heteroatoms. The Hall–Kier alpha value is -3.34. The van der Waals surface area contributed by atoms with Crippen molar-refractivity contribution in [2.75, 3.05) is 12.3 Å². The van der Waals surface area contributed by atoms with Crippen LogP contribution in [0.1, 0.15) is 11.8 Å². The average Bonchev–Trinajstić information content (AvgIpc) is 3.39. The van der Waals surface area contributed by atoms with E-state index in [1.807, 2.05) is 30.3 Å². The number of aromatic nitrogens is 4. The van der Waals surface area contributed by atoms with E-state index in [9.17, 15) is 29.0 Å².